The van der Waals surface area contributed by atoms with Gasteiger partial charge in [0, 0.05) is 32.6 Å². The van der Waals surface area contributed by atoms with Crippen LogP contribution in [0.1, 0.15) is 12.5 Å². The molecule has 0 aliphatic carbocycles. The number of pyridine rings is 1. The van der Waals surface area contributed by atoms with E-state index in [-0.39, 0.29) is 12.5 Å². The van der Waals surface area contributed by atoms with Crippen LogP contribution in [0.25, 0.3) is 0 Å². The zero-order valence-corrected chi connectivity index (χ0v) is 9.85. The number of hydrogen-bond donors (Lipinski definition) is 0. The average Bonchev–Trinajstić information content (AvgIpc) is 2.31. The second-order valence-corrected chi connectivity index (χ2v) is 3.51. The highest BCUT2D eigenvalue weighted by molar-refractivity contribution is 5.77. The van der Waals surface area contributed by atoms with Gasteiger partial charge in [-0.2, -0.15) is 0 Å². The molecule has 0 aliphatic rings. The van der Waals surface area contributed by atoms with E-state index in [0.29, 0.717) is 6.54 Å². The monoisotopic (exact) mass is 222 g/mol. The summed E-state index contributed by atoms with van der Waals surface area (Å²) in [5.74, 6) is 0.0408. The number of hydrogen-bond acceptors (Lipinski definition) is 3. The number of ether oxygens (including phenoxy) is 1. The Hall–Kier alpha value is -1.42. The summed E-state index contributed by atoms with van der Waals surface area (Å²) in [6.45, 7) is 3.57. The Kier molecular flexibility index (Phi) is 5.50. The molecular weight excluding hydrogens is 204 g/mol. The van der Waals surface area contributed by atoms with E-state index in [0.717, 1.165) is 13.0 Å². The predicted octanol–water partition coefficient (Wildman–Crippen LogP) is 1.12. The fourth-order valence-electron chi connectivity index (χ4n) is 1.49. The van der Waals surface area contributed by atoms with Crippen LogP contribution < -0.4 is 0 Å². The first-order valence-electron chi connectivity index (χ1n) is 5.43. The fourth-order valence-corrected chi connectivity index (χ4v) is 1.49. The minimum Gasteiger partial charge on any atom is -0.375 e. The summed E-state index contributed by atoms with van der Waals surface area (Å²) in [6.07, 6.45) is 4.39. The van der Waals surface area contributed by atoms with E-state index in [1.807, 2.05) is 19.1 Å². The molecule has 0 fully saturated rings. The van der Waals surface area contributed by atoms with Crippen LogP contribution in [-0.2, 0) is 16.0 Å². The van der Waals surface area contributed by atoms with E-state index in [1.165, 1.54) is 12.7 Å². The van der Waals surface area contributed by atoms with Crippen LogP contribution >= 0.6 is 0 Å². The second kappa shape index (κ2) is 6.95. The van der Waals surface area contributed by atoms with Crippen molar-refractivity contribution in [1.82, 2.24) is 9.88 Å². The number of nitrogens with zero attached hydrogens (tertiary/aromatic N) is 2. The molecule has 88 valence electrons. The molecule has 0 unspecified atom stereocenters. The highest BCUT2D eigenvalue weighted by Crippen LogP contribution is 2.00. The van der Waals surface area contributed by atoms with Crippen molar-refractivity contribution in [3.8, 4) is 0 Å². The molecule has 0 aliphatic heterocycles. The van der Waals surface area contributed by atoms with Crippen molar-refractivity contribution >= 4 is 5.91 Å². The topological polar surface area (TPSA) is 42.4 Å². The van der Waals surface area contributed by atoms with Crippen molar-refractivity contribution < 1.29 is 9.53 Å². The Bertz CT molecular complexity index is 314. The SMILES string of the molecule is CCN(CCc1ccncc1)C(=O)COC. The Morgan fingerprint density at radius 1 is 1.44 bits per heavy atom. The first kappa shape index (κ1) is 12.6. The van der Waals surface area contributed by atoms with E-state index < -0.39 is 0 Å². The zero-order valence-electron chi connectivity index (χ0n) is 9.85. The van der Waals surface area contributed by atoms with Crippen molar-refractivity contribution in [2.75, 3.05) is 26.8 Å². The summed E-state index contributed by atoms with van der Waals surface area (Å²) < 4.78 is 4.84. The number of likely N-dealkylation sites (N-methyl/N-ethyl adjacent to an activating group) is 1. The van der Waals surface area contributed by atoms with Crippen molar-refractivity contribution in [3.05, 3.63) is 30.1 Å². The largest absolute Gasteiger partial charge is 0.375 e. The van der Waals surface area contributed by atoms with Gasteiger partial charge >= 0.3 is 0 Å². The smallest absolute Gasteiger partial charge is 0.248 e. The van der Waals surface area contributed by atoms with Gasteiger partial charge in [0.15, 0.2) is 0 Å². The second-order valence-electron chi connectivity index (χ2n) is 3.51. The minimum absolute atomic E-state index is 0.0408. The highest BCUT2D eigenvalue weighted by Gasteiger charge is 2.10. The third kappa shape index (κ3) is 3.98. The lowest BCUT2D eigenvalue weighted by Gasteiger charge is -2.20. The van der Waals surface area contributed by atoms with Gasteiger partial charge in [0.25, 0.3) is 0 Å². The molecule has 0 saturated carbocycles. The molecular formula is C12H18N2O2. The predicted molar refractivity (Wildman–Crippen MR) is 62.1 cm³/mol. The maximum absolute atomic E-state index is 11.6. The summed E-state index contributed by atoms with van der Waals surface area (Å²) in [7, 11) is 1.54. The van der Waals surface area contributed by atoms with Crippen LogP contribution in [0.5, 0.6) is 0 Å². The molecule has 0 bridgehead atoms. The Morgan fingerprint density at radius 2 is 2.12 bits per heavy atom. The minimum atomic E-state index is 0.0408. The molecule has 1 heterocycles. The average molecular weight is 222 g/mol. The summed E-state index contributed by atoms with van der Waals surface area (Å²) in [5.41, 5.74) is 1.19. The third-order valence-electron chi connectivity index (χ3n) is 2.42. The molecule has 0 saturated heterocycles. The van der Waals surface area contributed by atoms with Gasteiger partial charge in [-0.05, 0) is 31.0 Å². The lowest BCUT2D eigenvalue weighted by Crippen LogP contribution is -2.35. The summed E-state index contributed by atoms with van der Waals surface area (Å²) in [5, 5.41) is 0. The Balaban J connectivity index is 2.43. The molecule has 1 aromatic rings. The van der Waals surface area contributed by atoms with Gasteiger partial charge in [-0.15, -0.1) is 0 Å². The van der Waals surface area contributed by atoms with Gasteiger partial charge in [0.05, 0.1) is 0 Å². The van der Waals surface area contributed by atoms with Crippen LogP contribution in [0.2, 0.25) is 0 Å². The van der Waals surface area contributed by atoms with Crippen molar-refractivity contribution in [2.45, 2.75) is 13.3 Å². The highest BCUT2D eigenvalue weighted by atomic mass is 16.5. The van der Waals surface area contributed by atoms with Crippen molar-refractivity contribution in [3.63, 3.8) is 0 Å². The number of methoxy groups -OCH3 is 1. The van der Waals surface area contributed by atoms with Gasteiger partial charge < -0.3 is 9.64 Å². The first-order valence-corrected chi connectivity index (χ1v) is 5.43. The third-order valence-corrected chi connectivity index (χ3v) is 2.42. The van der Waals surface area contributed by atoms with Gasteiger partial charge in [-0.3, -0.25) is 9.78 Å². The fraction of sp³-hybridized carbons (Fsp3) is 0.500. The van der Waals surface area contributed by atoms with Crippen molar-refractivity contribution in [2.24, 2.45) is 0 Å². The van der Waals surface area contributed by atoms with Crippen LogP contribution in [0.4, 0.5) is 0 Å². The van der Waals surface area contributed by atoms with Crippen molar-refractivity contribution in [1.29, 1.82) is 0 Å². The van der Waals surface area contributed by atoms with E-state index in [4.69, 9.17) is 4.74 Å². The normalized spacial score (nSPS) is 10.1. The molecule has 16 heavy (non-hydrogen) atoms. The number of carbonyl (C=O) groups is 1. The molecule has 0 spiro atoms. The van der Waals surface area contributed by atoms with E-state index >= 15 is 0 Å². The van der Waals surface area contributed by atoms with Crippen LogP contribution in [-0.4, -0.2) is 42.6 Å². The molecule has 0 atom stereocenters. The standard InChI is InChI=1S/C12H18N2O2/c1-3-14(12(15)10-16-2)9-6-11-4-7-13-8-5-11/h4-5,7-8H,3,6,9-10H2,1-2H3. The lowest BCUT2D eigenvalue weighted by atomic mass is 10.2. The molecule has 0 aromatic carbocycles. The quantitative estimate of drug-likeness (QED) is 0.724. The first-order chi connectivity index (χ1) is 7.77. The van der Waals surface area contributed by atoms with E-state index in [1.54, 1.807) is 17.3 Å². The Morgan fingerprint density at radius 3 is 2.69 bits per heavy atom. The molecule has 4 nitrogen and oxygen atoms in total. The van der Waals surface area contributed by atoms with Crippen LogP contribution in [0.3, 0.4) is 0 Å². The molecule has 1 rings (SSSR count). The maximum atomic E-state index is 11.6. The molecule has 0 radical (unpaired) electrons. The molecule has 4 heteroatoms. The Labute approximate surface area is 96.2 Å². The van der Waals surface area contributed by atoms with Gasteiger partial charge in [0.2, 0.25) is 5.91 Å². The van der Waals surface area contributed by atoms with E-state index in [9.17, 15) is 4.79 Å². The molecule has 0 N–H and O–H groups in total. The summed E-state index contributed by atoms with van der Waals surface area (Å²) in [6, 6.07) is 3.93. The lowest BCUT2D eigenvalue weighted by molar-refractivity contribution is -0.134. The summed E-state index contributed by atoms with van der Waals surface area (Å²) in [4.78, 5) is 17.3. The molecule has 1 amide bonds. The number of amides is 1. The van der Waals surface area contributed by atoms with Gasteiger partial charge in [-0.25, -0.2) is 0 Å². The van der Waals surface area contributed by atoms with Crippen LogP contribution in [0, 0.1) is 0 Å². The van der Waals surface area contributed by atoms with Gasteiger partial charge in [0.1, 0.15) is 6.61 Å². The number of aromatic nitrogens is 1. The molecule has 1 aromatic heterocycles. The maximum Gasteiger partial charge on any atom is 0.248 e. The number of carbonyl (C=O) groups excluding carboxylic acids is 1. The summed E-state index contributed by atoms with van der Waals surface area (Å²) >= 11 is 0. The number of rotatable bonds is 6. The van der Waals surface area contributed by atoms with Crippen LogP contribution in [0.15, 0.2) is 24.5 Å². The van der Waals surface area contributed by atoms with E-state index in [2.05, 4.69) is 4.98 Å². The zero-order chi connectivity index (χ0) is 11.8. The van der Waals surface area contributed by atoms with Gasteiger partial charge in [-0.1, -0.05) is 0 Å².